The maximum absolute atomic E-state index is 13.1. The number of aryl methyl sites for hydroxylation is 1. The van der Waals surface area contributed by atoms with Crippen molar-refractivity contribution in [2.45, 2.75) is 13.3 Å². The molecule has 3 rings (SSSR count). The van der Waals surface area contributed by atoms with Crippen LogP contribution in [-0.2, 0) is 6.42 Å². The standard InChI is InChI=1S/C17H14FNO2/c1-10-8-13(18)4-5-14(10)16(20)12-3-2-11-6-7-19-17(21)15(11)9-12/h2-5,8-9H,6-7H2,1H3,(H,19,21). The fraction of sp³-hybridized carbons (Fsp3) is 0.176. The van der Waals surface area contributed by atoms with E-state index in [0.29, 0.717) is 28.8 Å². The molecule has 0 fully saturated rings. The molecule has 1 aliphatic rings. The van der Waals surface area contributed by atoms with Gasteiger partial charge in [-0.15, -0.1) is 0 Å². The van der Waals surface area contributed by atoms with Crippen LogP contribution in [0.25, 0.3) is 0 Å². The summed E-state index contributed by atoms with van der Waals surface area (Å²) in [5.41, 5.74) is 2.98. The lowest BCUT2D eigenvalue weighted by Crippen LogP contribution is -2.32. The Morgan fingerprint density at radius 2 is 2.00 bits per heavy atom. The Bertz CT molecular complexity index is 752. The van der Waals surface area contributed by atoms with Crippen LogP contribution >= 0.6 is 0 Å². The van der Waals surface area contributed by atoms with Gasteiger partial charge in [0.2, 0.25) is 0 Å². The third-order valence-electron chi connectivity index (χ3n) is 3.73. The van der Waals surface area contributed by atoms with Crippen LogP contribution in [0.4, 0.5) is 4.39 Å². The van der Waals surface area contributed by atoms with Crippen molar-refractivity contribution in [3.8, 4) is 0 Å². The summed E-state index contributed by atoms with van der Waals surface area (Å²) in [6.45, 7) is 2.32. The third kappa shape index (κ3) is 2.44. The first kappa shape index (κ1) is 13.5. The molecule has 1 heterocycles. The van der Waals surface area contributed by atoms with Gasteiger partial charge >= 0.3 is 0 Å². The van der Waals surface area contributed by atoms with E-state index in [4.69, 9.17) is 0 Å². The Hall–Kier alpha value is -2.49. The molecule has 1 amide bonds. The predicted molar refractivity (Wildman–Crippen MR) is 77.0 cm³/mol. The summed E-state index contributed by atoms with van der Waals surface area (Å²) in [6, 6.07) is 9.24. The predicted octanol–water partition coefficient (Wildman–Crippen LogP) is 2.65. The highest BCUT2D eigenvalue weighted by molar-refractivity contribution is 6.11. The number of carbonyl (C=O) groups is 2. The van der Waals surface area contributed by atoms with Gasteiger partial charge in [0.05, 0.1) is 0 Å². The Balaban J connectivity index is 2.02. The Labute approximate surface area is 121 Å². The topological polar surface area (TPSA) is 46.2 Å². The van der Waals surface area contributed by atoms with E-state index in [9.17, 15) is 14.0 Å². The van der Waals surface area contributed by atoms with Crippen LogP contribution in [0.3, 0.4) is 0 Å². The molecule has 4 heteroatoms. The van der Waals surface area contributed by atoms with Crippen LogP contribution in [0.5, 0.6) is 0 Å². The third-order valence-corrected chi connectivity index (χ3v) is 3.73. The van der Waals surface area contributed by atoms with Gasteiger partial charge in [0, 0.05) is 23.2 Å². The number of carbonyl (C=O) groups excluding carboxylic acids is 2. The highest BCUT2D eigenvalue weighted by Gasteiger charge is 2.19. The van der Waals surface area contributed by atoms with Crippen LogP contribution in [0.15, 0.2) is 36.4 Å². The van der Waals surface area contributed by atoms with Crippen molar-refractivity contribution in [1.29, 1.82) is 0 Å². The molecule has 0 saturated carbocycles. The normalized spacial score (nSPS) is 13.5. The van der Waals surface area contributed by atoms with E-state index in [2.05, 4.69) is 5.32 Å². The number of benzene rings is 2. The summed E-state index contributed by atoms with van der Waals surface area (Å²) < 4.78 is 13.1. The van der Waals surface area contributed by atoms with Crippen molar-refractivity contribution in [2.24, 2.45) is 0 Å². The highest BCUT2D eigenvalue weighted by Crippen LogP contribution is 2.20. The monoisotopic (exact) mass is 283 g/mol. The fourth-order valence-electron chi connectivity index (χ4n) is 2.59. The first-order chi connectivity index (χ1) is 10.1. The summed E-state index contributed by atoms with van der Waals surface area (Å²) >= 11 is 0. The lowest BCUT2D eigenvalue weighted by atomic mass is 9.93. The van der Waals surface area contributed by atoms with Gasteiger partial charge in [0.1, 0.15) is 5.82 Å². The minimum Gasteiger partial charge on any atom is -0.352 e. The molecule has 0 aromatic heterocycles. The molecule has 2 aromatic carbocycles. The average Bonchev–Trinajstić information content (AvgIpc) is 2.47. The Kier molecular flexibility index (Phi) is 3.29. The number of nitrogens with one attached hydrogen (secondary N) is 1. The van der Waals surface area contributed by atoms with Gasteiger partial charge in [0.15, 0.2) is 5.78 Å². The van der Waals surface area contributed by atoms with Crippen molar-refractivity contribution in [3.63, 3.8) is 0 Å². The molecule has 0 bridgehead atoms. The summed E-state index contributed by atoms with van der Waals surface area (Å²) in [5.74, 6) is -0.718. The number of halogens is 1. The highest BCUT2D eigenvalue weighted by atomic mass is 19.1. The lowest BCUT2D eigenvalue weighted by molar-refractivity contribution is 0.0946. The van der Waals surface area contributed by atoms with Gasteiger partial charge in [0.25, 0.3) is 5.91 Å². The van der Waals surface area contributed by atoms with Gasteiger partial charge in [-0.05, 0) is 48.7 Å². The van der Waals surface area contributed by atoms with E-state index in [1.807, 2.05) is 6.07 Å². The van der Waals surface area contributed by atoms with Gasteiger partial charge in [-0.3, -0.25) is 9.59 Å². The molecular formula is C17H14FNO2. The van der Waals surface area contributed by atoms with Crippen LogP contribution in [0.2, 0.25) is 0 Å². The zero-order valence-corrected chi connectivity index (χ0v) is 11.6. The minimum atomic E-state index is -0.367. The quantitative estimate of drug-likeness (QED) is 0.861. The molecule has 1 N–H and O–H groups in total. The van der Waals surface area contributed by atoms with E-state index >= 15 is 0 Å². The molecule has 0 atom stereocenters. The summed E-state index contributed by atoms with van der Waals surface area (Å²) in [5, 5.41) is 2.76. The average molecular weight is 283 g/mol. The van der Waals surface area contributed by atoms with Gasteiger partial charge in [-0.25, -0.2) is 4.39 Å². The zero-order valence-electron chi connectivity index (χ0n) is 11.6. The minimum absolute atomic E-state index is 0.151. The number of fused-ring (bicyclic) bond motifs is 1. The molecule has 3 nitrogen and oxygen atoms in total. The molecule has 0 unspecified atom stereocenters. The zero-order chi connectivity index (χ0) is 15.0. The first-order valence-corrected chi connectivity index (χ1v) is 6.78. The smallest absolute Gasteiger partial charge is 0.251 e. The Morgan fingerprint density at radius 1 is 1.19 bits per heavy atom. The molecule has 21 heavy (non-hydrogen) atoms. The van der Waals surface area contributed by atoms with E-state index in [1.165, 1.54) is 18.2 Å². The van der Waals surface area contributed by atoms with Gasteiger partial charge < -0.3 is 5.32 Å². The van der Waals surface area contributed by atoms with Crippen LogP contribution in [-0.4, -0.2) is 18.2 Å². The second-order valence-corrected chi connectivity index (χ2v) is 5.17. The van der Waals surface area contributed by atoms with E-state index in [0.717, 1.165) is 12.0 Å². The van der Waals surface area contributed by atoms with E-state index in [1.54, 1.807) is 19.1 Å². The number of hydrogen-bond donors (Lipinski definition) is 1. The molecule has 0 radical (unpaired) electrons. The molecule has 0 aliphatic carbocycles. The van der Waals surface area contributed by atoms with Crippen molar-refractivity contribution in [1.82, 2.24) is 5.32 Å². The van der Waals surface area contributed by atoms with Crippen LogP contribution in [0, 0.1) is 12.7 Å². The van der Waals surface area contributed by atoms with Crippen molar-refractivity contribution in [3.05, 3.63) is 70.0 Å². The van der Waals surface area contributed by atoms with Crippen molar-refractivity contribution in [2.75, 3.05) is 6.54 Å². The molecule has 0 saturated heterocycles. The van der Waals surface area contributed by atoms with Crippen LogP contribution < -0.4 is 5.32 Å². The molecule has 106 valence electrons. The largest absolute Gasteiger partial charge is 0.352 e. The summed E-state index contributed by atoms with van der Waals surface area (Å²) in [6.07, 6.45) is 0.769. The van der Waals surface area contributed by atoms with Crippen LogP contribution in [0.1, 0.15) is 37.4 Å². The van der Waals surface area contributed by atoms with Crippen molar-refractivity contribution >= 4 is 11.7 Å². The summed E-state index contributed by atoms with van der Waals surface area (Å²) in [7, 11) is 0. The maximum Gasteiger partial charge on any atom is 0.251 e. The van der Waals surface area contributed by atoms with Gasteiger partial charge in [-0.1, -0.05) is 12.1 Å². The number of ketones is 1. The number of amides is 1. The molecule has 2 aromatic rings. The summed E-state index contributed by atoms with van der Waals surface area (Å²) in [4.78, 5) is 24.4. The number of hydrogen-bond acceptors (Lipinski definition) is 2. The Morgan fingerprint density at radius 3 is 2.76 bits per heavy atom. The second kappa shape index (κ2) is 5.13. The van der Waals surface area contributed by atoms with Gasteiger partial charge in [-0.2, -0.15) is 0 Å². The molecular weight excluding hydrogens is 269 g/mol. The second-order valence-electron chi connectivity index (χ2n) is 5.17. The lowest BCUT2D eigenvalue weighted by Gasteiger charge is -2.17. The van der Waals surface area contributed by atoms with E-state index in [-0.39, 0.29) is 17.5 Å². The van der Waals surface area contributed by atoms with Crippen molar-refractivity contribution < 1.29 is 14.0 Å². The number of rotatable bonds is 2. The van der Waals surface area contributed by atoms with E-state index < -0.39 is 0 Å². The molecule has 0 spiro atoms. The SMILES string of the molecule is Cc1cc(F)ccc1C(=O)c1ccc2c(c1)C(=O)NCC2. The molecule has 1 aliphatic heterocycles. The fourth-order valence-corrected chi connectivity index (χ4v) is 2.59. The maximum atomic E-state index is 13.1. The first-order valence-electron chi connectivity index (χ1n) is 6.78.